The van der Waals surface area contributed by atoms with E-state index in [1.807, 2.05) is 4.90 Å². The highest BCUT2D eigenvalue weighted by Gasteiger charge is 2.24. The highest BCUT2D eigenvalue weighted by molar-refractivity contribution is 14.0. The summed E-state index contributed by atoms with van der Waals surface area (Å²) < 4.78 is 0. The minimum absolute atomic E-state index is 0. The highest BCUT2D eigenvalue weighted by atomic mass is 127. The van der Waals surface area contributed by atoms with Gasteiger partial charge in [-0.3, -0.25) is 14.7 Å². The van der Waals surface area contributed by atoms with Gasteiger partial charge in [-0.15, -0.1) is 24.0 Å². The molecule has 2 N–H and O–H groups in total. The van der Waals surface area contributed by atoms with Crippen molar-refractivity contribution in [1.29, 1.82) is 0 Å². The zero-order chi connectivity index (χ0) is 19.0. The van der Waals surface area contributed by atoms with E-state index in [0.717, 1.165) is 77.7 Å². The van der Waals surface area contributed by atoms with Gasteiger partial charge in [-0.25, -0.2) is 0 Å². The lowest BCUT2D eigenvalue weighted by Crippen LogP contribution is -2.54. The van der Waals surface area contributed by atoms with Gasteiger partial charge >= 0.3 is 0 Å². The van der Waals surface area contributed by atoms with Gasteiger partial charge in [0.05, 0.1) is 13.1 Å². The molecule has 0 saturated carbocycles. The molecule has 2 heterocycles. The van der Waals surface area contributed by atoms with Gasteiger partial charge in [-0.1, -0.05) is 0 Å². The third-order valence-electron chi connectivity index (χ3n) is 4.85. The number of rotatable bonds is 6. The molecule has 1 amide bonds. The van der Waals surface area contributed by atoms with Gasteiger partial charge in [0.25, 0.3) is 0 Å². The normalized spacial score (nSPS) is 19.2. The molecule has 0 aromatic carbocycles. The minimum Gasteiger partial charge on any atom is -0.357 e. The first-order valence-electron chi connectivity index (χ1n) is 10.2. The number of hydrogen-bond donors (Lipinski definition) is 2. The summed E-state index contributed by atoms with van der Waals surface area (Å²) in [6.45, 7) is 17.3. The van der Waals surface area contributed by atoms with Crippen molar-refractivity contribution in [2.45, 2.75) is 46.1 Å². The molecular weight excluding hydrogens is 455 g/mol. The molecule has 8 heteroatoms. The molecule has 0 atom stereocenters. The Bertz CT molecular complexity index is 465. The number of amides is 1. The van der Waals surface area contributed by atoms with Gasteiger partial charge in [-0.2, -0.15) is 0 Å². The lowest BCUT2D eigenvalue weighted by Gasteiger charge is -2.36. The Balaban J connectivity index is 0.00000364. The van der Waals surface area contributed by atoms with Crippen LogP contribution >= 0.6 is 24.0 Å². The predicted molar refractivity (Wildman–Crippen MR) is 123 cm³/mol. The molecule has 2 aliphatic rings. The molecule has 0 aromatic heterocycles. The second-order valence-corrected chi connectivity index (χ2v) is 8.26. The first-order chi connectivity index (χ1) is 12.4. The van der Waals surface area contributed by atoms with Crippen LogP contribution in [-0.4, -0.2) is 97.6 Å². The zero-order valence-corrected chi connectivity index (χ0v) is 19.9. The molecule has 0 aromatic rings. The van der Waals surface area contributed by atoms with Crippen molar-refractivity contribution in [3.8, 4) is 0 Å². The van der Waals surface area contributed by atoms with Crippen LogP contribution in [0.4, 0.5) is 0 Å². The smallest absolute Gasteiger partial charge is 0.236 e. The molecule has 0 bridgehead atoms. The minimum atomic E-state index is 0. The SMILES string of the molecule is CCNC(=NCCNC(C)(C)C)N1CCN(CC(=O)N2CCCC2)CC1.I. The highest BCUT2D eigenvalue weighted by Crippen LogP contribution is 2.09. The number of piperazine rings is 1. The lowest BCUT2D eigenvalue weighted by atomic mass is 10.1. The van der Waals surface area contributed by atoms with Crippen molar-refractivity contribution in [3.05, 3.63) is 0 Å². The van der Waals surface area contributed by atoms with Crippen LogP contribution in [0.25, 0.3) is 0 Å². The van der Waals surface area contributed by atoms with Crippen LogP contribution in [0.15, 0.2) is 4.99 Å². The van der Waals surface area contributed by atoms with E-state index in [1.54, 1.807) is 0 Å². The molecular formula is C19H39IN6O. The third kappa shape index (κ3) is 8.95. The Kier molecular flexibility index (Phi) is 10.9. The van der Waals surface area contributed by atoms with E-state index in [-0.39, 0.29) is 29.5 Å². The molecule has 2 fully saturated rings. The summed E-state index contributed by atoms with van der Waals surface area (Å²) in [6.07, 6.45) is 2.32. The van der Waals surface area contributed by atoms with E-state index in [0.29, 0.717) is 12.5 Å². The van der Waals surface area contributed by atoms with Crippen LogP contribution in [0, 0.1) is 0 Å². The fourth-order valence-corrected chi connectivity index (χ4v) is 3.39. The van der Waals surface area contributed by atoms with Gasteiger partial charge in [0.15, 0.2) is 5.96 Å². The summed E-state index contributed by atoms with van der Waals surface area (Å²) in [5.74, 6) is 1.29. The van der Waals surface area contributed by atoms with Crippen LogP contribution in [0.5, 0.6) is 0 Å². The number of likely N-dealkylation sites (tertiary alicyclic amines) is 1. The van der Waals surface area contributed by atoms with Crippen LogP contribution in [0.1, 0.15) is 40.5 Å². The molecule has 0 aliphatic carbocycles. The Morgan fingerprint density at radius 3 is 2.19 bits per heavy atom. The zero-order valence-electron chi connectivity index (χ0n) is 17.6. The number of nitrogens with zero attached hydrogens (tertiary/aromatic N) is 4. The fraction of sp³-hybridized carbons (Fsp3) is 0.895. The van der Waals surface area contributed by atoms with E-state index in [9.17, 15) is 4.79 Å². The Hall–Kier alpha value is -0.610. The topological polar surface area (TPSA) is 63.2 Å². The maximum absolute atomic E-state index is 12.3. The van der Waals surface area contributed by atoms with E-state index in [4.69, 9.17) is 4.99 Å². The van der Waals surface area contributed by atoms with Crippen LogP contribution < -0.4 is 10.6 Å². The van der Waals surface area contributed by atoms with Crippen LogP contribution in [-0.2, 0) is 4.79 Å². The van der Waals surface area contributed by atoms with Crippen molar-refractivity contribution in [2.75, 3.05) is 65.4 Å². The van der Waals surface area contributed by atoms with Crippen molar-refractivity contribution in [1.82, 2.24) is 25.3 Å². The van der Waals surface area contributed by atoms with E-state index in [1.165, 1.54) is 0 Å². The Morgan fingerprint density at radius 1 is 1.00 bits per heavy atom. The number of carbonyl (C=O) groups excluding carboxylic acids is 1. The monoisotopic (exact) mass is 494 g/mol. The van der Waals surface area contributed by atoms with Crippen molar-refractivity contribution < 1.29 is 4.79 Å². The third-order valence-corrected chi connectivity index (χ3v) is 4.85. The van der Waals surface area contributed by atoms with Gasteiger partial charge in [-0.05, 0) is 40.5 Å². The Morgan fingerprint density at radius 2 is 1.63 bits per heavy atom. The van der Waals surface area contributed by atoms with Crippen molar-refractivity contribution in [2.24, 2.45) is 4.99 Å². The summed E-state index contributed by atoms with van der Waals surface area (Å²) in [5, 5.41) is 6.88. The largest absolute Gasteiger partial charge is 0.357 e. The summed E-state index contributed by atoms with van der Waals surface area (Å²) in [4.78, 5) is 23.7. The first-order valence-corrected chi connectivity index (χ1v) is 10.2. The Labute approximate surface area is 182 Å². The number of halogens is 1. The molecule has 0 radical (unpaired) electrons. The van der Waals surface area contributed by atoms with Crippen LogP contribution in [0.3, 0.4) is 0 Å². The lowest BCUT2D eigenvalue weighted by molar-refractivity contribution is -0.131. The van der Waals surface area contributed by atoms with E-state index < -0.39 is 0 Å². The van der Waals surface area contributed by atoms with Crippen molar-refractivity contribution in [3.63, 3.8) is 0 Å². The van der Waals surface area contributed by atoms with Gasteiger partial charge in [0.1, 0.15) is 0 Å². The molecule has 2 rings (SSSR count). The molecule has 158 valence electrons. The average Bonchev–Trinajstić information content (AvgIpc) is 3.12. The fourth-order valence-electron chi connectivity index (χ4n) is 3.39. The van der Waals surface area contributed by atoms with Gasteiger partial charge < -0.3 is 20.4 Å². The summed E-state index contributed by atoms with van der Waals surface area (Å²) in [6, 6.07) is 0. The standard InChI is InChI=1S/C19H38N6O.HI/c1-5-20-18(21-8-9-22-19(2,3)4)25-14-12-23(13-15-25)16-17(26)24-10-6-7-11-24;/h22H,5-16H2,1-4H3,(H,20,21);1H. The molecule has 0 spiro atoms. The second kappa shape index (κ2) is 12.1. The predicted octanol–water partition coefficient (Wildman–Crippen LogP) is 1.20. The maximum Gasteiger partial charge on any atom is 0.236 e. The van der Waals surface area contributed by atoms with E-state index >= 15 is 0 Å². The number of nitrogens with one attached hydrogen (secondary N) is 2. The molecule has 2 aliphatic heterocycles. The first kappa shape index (κ1) is 24.4. The molecule has 7 nitrogen and oxygen atoms in total. The van der Waals surface area contributed by atoms with Gasteiger partial charge in [0.2, 0.25) is 5.91 Å². The molecule has 0 unspecified atom stereocenters. The average molecular weight is 494 g/mol. The summed E-state index contributed by atoms with van der Waals surface area (Å²) in [7, 11) is 0. The quantitative estimate of drug-likeness (QED) is 0.252. The molecule has 27 heavy (non-hydrogen) atoms. The number of aliphatic imine (C=N–C) groups is 1. The van der Waals surface area contributed by atoms with Gasteiger partial charge in [0, 0.05) is 57.9 Å². The molecule has 2 saturated heterocycles. The van der Waals surface area contributed by atoms with Crippen molar-refractivity contribution >= 4 is 35.8 Å². The second-order valence-electron chi connectivity index (χ2n) is 8.26. The summed E-state index contributed by atoms with van der Waals surface area (Å²) >= 11 is 0. The number of carbonyl (C=O) groups is 1. The number of guanidine groups is 1. The van der Waals surface area contributed by atoms with E-state index in [2.05, 4.69) is 48.1 Å². The van der Waals surface area contributed by atoms with Crippen LogP contribution in [0.2, 0.25) is 0 Å². The maximum atomic E-state index is 12.3. The number of hydrogen-bond acceptors (Lipinski definition) is 4. The summed E-state index contributed by atoms with van der Waals surface area (Å²) in [5.41, 5.74) is 0.126.